The van der Waals surface area contributed by atoms with E-state index in [2.05, 4.69) is 18.4 Å². The van der Waals surface area contributed by atoms with Crippen molar-refractivity contribution >= 4 is 37.7 Å². The molecule has 2 heterocycles. The van der Waals surface area contributed by atoms with E-state index in [0.717, 1.165) is 18.0 Å². The summed E-state index contributed by atoms with van der Waals surface area (Å²) in [6.45, 7) is 6.21. The third-order valence-electron chi connectivity index (χ3n) is 2.47. The summed E-state index contributed by atoms with van der Waals surface area (Å²) in [5, 5.41) is 1.61. The minimum Gasteiger partial charge on any atom is -0.224 e. The second kappa shape index (κ2) is 4.14. The Labute approximate surface area is 98.9 Å². The number of thioether (sulfide) groups is 2. The van der Waals surface area contributed by atoms with Gasteiger partial charge in [-0.05, 0) is 37.4 Å². The highest BCUT2D eigenvalue weighted by Crippen LogP contribution is 2.46. The summed E-state index contributed by atoms with van der Waals surface area (Å²) < 4.78 is 26.2. The summed E-state index contributed by atoms with van der Waals surface area (Å²) in [5.41, 5.74) is 0. The number of hydrogen-bond donors (Lipinski definition) is 0. The SMILES string of the molecule is CC[N+](CC)=C1SC2=CS(=O)(=O)CC2S1. The van der Waals surface area contributed by atoms with Crippen LogP contribution in [0.2, 0.25) is 0 Å². The molecular weight excluding hydrogens is 250 g/mol. The topological polar surface area (TPSA) is 37.1 Å². The van der Waals surface area contributed by atoms with Crippen molar-refractivity contribution in [2.24, 2.45) is 0 Å². The molecule has 15 heavy (non-hydrogen) atoms. The minimum atomic E-state index is -2.90. The number of hydrogen-bond acceptors (Lipinski definition) is 4. The van der Waals surface area contributed by atoms with E-state index in [0.29, 0.717) is 0 Å². The van der Waals surface area contributed by atoms with Gasteiger partial charge in [0.15, 0.2) is 9.84 Å². The smallest absolute Gasteiger partial charge is 0.224 e. The zero-order valence-electron chi connectivity index (χ0n) is 8.76. The Hall–Kier alpha value is 0.0600. The summed E-state index contributed by atoms with van der Waals surface area (Å²) in [4.78, 5) is 1.02. The lowest BCUT2D eigenvalue weighted by Gasteiger charge is -2.00. The van der Waals surface area contributed by atoms with Crippen LogP contribution in [0.3, 0.4) is 0 Å². The zero-order valence-corrected chi connectivity index (χ0v) is 11.2. The predicted octanol–water partition coefficient (Wildman–Crippen LogP) is 1.51. The lowest BCUT2D eigenvalue weighted by Crippen LogP contribution is -2.16. The molecule has 0 saturated carbocycles. The fraction of sp³-hybridized carbons (Fsp3) is 0.667. The molecule has 6 heteroatoms. The molecule has 0 aromatic rings. The second-order valence-electron chi connectivity index (χ2n) is 3.50. The van der Waals surface area contributed by atoms with Crippen LogP contribution < -0.4 is 0 Å². The van der Waals surface area contributed by atoms with Crippen LogP contribution in [0.25, 0.3) is 0 Å². The molecule has 3 nitrogen and oxygen atoms in total. The van der Waals surface area contributed by atoms with E-state index in [1.165, 1.54) is 9.78 Å². The molecule has 2 aliphatic rings. The molecule has 0 spiro atoms. The van der Waals surface area contributed by atoms with E-state index < -0.39 is 9.84 Å². The van der Waals surface area contributed by atoms with E-state index in [4.69, 9.17) is 0 Å². The third kappa shape index (κ3) is 2.26. The van der Waals surface area contributed by atoms with Crippen molar-refractivity contribution < 1.29 is 13.0 Å². The first kappa shape index (κ1) is 11.5. The van der Waals surface area contributed by atoms with Crippen molar-refractivity contribution in [3.63, 3.8) is 0 Å². The Bertz CT molecular complexity index is 430. The van der Waals surface area contributed by atoms with E-state index in [9.17, 15) is 8.42 Å². The summed E-state index contributed by atoms with van der Waals surface area (Å²) in [6.07, 6.45) is 0. The van der Waals surface area contributed by atoms with Crippen LogP contribution in [-0.2, 0) is 9.84 Å². The van der Waals surface area contributed by atoms with Crippen molar-refractivity contribution in [1.82, 2.24) is 0 Å². The highest BCUT2D eigenvalue weighted by molar-refractivity contribution is 8.43. The van der Waals surface area contributed by atoms with Crippen LogP contribution in [-0.4, -0.2) is 41.5 Å². The van der Waals surface area contributed by atoms with Crippen LogP contribution in [0.15, 0.2) is 10.3 Å². The van der Waals surface area contributed by atoms with Crippen LogP contribution >= 0.6 is 23.5 Å². The van der Waals surface area contributed by atoms with Crippen LogP contribution in [0.5, 0.6) is 0 Å². The van der Waals surface area contributed by atoms with Crippen LogP contribution in [0.1, 0.15) is 13.8 Å². The Morgan fingerprint density at radius 3 is 2.67 bits per heavy atom. The maximum atomic E-state index is 11.3. The number of rotatable bonds is 2. The van der Waals surface area contributed by atoms with Gasteiger partial charge in [-0.15, -0.1) is 0 Å². The van der Waals surface area contributed by atoms with Gasteiger partial charge in [0.05, 0.1) is 11.0 Å². The van der Waals surface area contributed by atoms with E-state index in [-0.39, 0.29) is 11.0 Å². The van der Waals surface area contributed by atoms with Gasteiger partial charge < -0.3 is 0 Å². The van der Waals surface area contributed by atoms with Gasteiger partial charge in [-0.2, -0.15) is 0 Å². The predicted molar refractivity (Wildman–Crippen MR) is 67.2 cm³/mol. The fourth-order valence-corrected chi connectivity index (χ4v) is 7.28. The maximum absolute atomic E-state index is 11.3. The summed E-state index contributed by atoms with van der Waals surface area (Å²) in [5.74, 6) is 0.283. The van der Waals surface area contributed by atoms with Gasteiger partial charge in [-0.1, -0.05) is 0 Å². The summed E-state index contributed by atoms with van der Waals surface area (Å²) >= 11 is 3.33. The molecule has 0 amide bonds. The van der Waals surface area contributed by atoms with Gasteiger partial charge in [0, 0.05) is 10.3 Å². The Balaban J connectivity index is 2.26. The van der Waals surface area contributed by atoms with Gasteiger partial charge in [0.2, 0.25) is 0 Å². The van der Waals surface area contributed by atoms with E-state index >= 15 is 0 Å². The van der Waals surface area contributed by atoms with Crippen LogP contribution in [0, 0.1) is 0 Å². The molecule has 0 N–H and O–H groups in total. The first-order valence-corrected chi connectivity index (χ1v) is 8.37. The molecule has 0 aliphatic carbocycles. The summed E-state index contributed by atoms with van der Waals surface area (Å²) in [7, 11) is -2.90. The highest BCUT2D eigenvalue weighted by atomic mass is 32.2. The van der Waals surface area contributed by atoms with Gasteiger partial charge in [-0.25, -0.2) is 13.0 Å². The fourth-order valence-electron chi connectivity index (χ4n) is 1.64. The molecule has 0 radical (unpaired) electrons. The Morgan fingerprint density at radius 1 is 1.47 bits per heavy atom. The molecule has 1 saturated heterocycles. The first-order chi connectivity index (χ1) is 7.05. The van der Waals surface area contributed by atoms with Crippen LogP contribution in [0.4, 0.5) is 0 Å². The third-order valence-corrected chi connectivity index (χ3v) is 7.16. The molecule has 0 aromatic heterocycles. The molecule has 0 bridgehead atoms. The molecule has 0 aromatic carbocycles. The van der Waals surface area contributed by atoms with Crippen molar-refractivity contribution in [2.45, 2.75) is 19.1 Å². The molecular formula is C9H14NO2S3+. The van der Waals surface area contributed by atoms with Gasteiger partial charge in [0.25, 0.3) is 4.38 Å². The first-order valence-electron chi connectivity index (χ1n) is 4.96. The quantitative estimate of drug-likeness (QED) is 0.709. The average Bonchev–Trinajstić information content (AvgIpc) is 2.60. The highest BCUT2D eigenvalue weighted by Gasteiger charge is 2.41. The molecule has 2 rings (SSSR count). The maximum Gasteiger partial charge on any atom is 0.275 e. The zero-order chi connectivity index (χ0) is 11.1. The van der Waals surface area contributed by atoms with Gasteiger partial charge in [-0.3, -0.25) is 0 Å². The molecule has 2 aliphatic heterocycles. The number of fused-ring (bicyclic) bond motifs is 1. The normalized spacial score (nSPS) is 27.7. The van der Waals surface area contributed by atoms with Crippen molar-refractivity contribution in [2.75, 3.05) is 18.8 Å². The minimum absolute atomic E-state index is 0.163. The van der Waals surface area contributed by atoms with E-state index in [1.807, 2.05) is 0 Å². The van der Waals surface area contributed by atoms with Gasteiger partial charge in [0.1, 0.15) is 13.1 Å². The molecule has 1 atom stereocenters. The van der Waals surface area contributed by atoms with Crippen molar-refractivity contribution in [1.29, 1.82) is 0 Å². The number of sulfone groups is 1. The Morgan fingerprint density at radius 2 is 2.13 bits per heavy atom. The summed E-state index contributed by atoms with van der Waals surface area (Å²) in [6, 6.07) is 0. The van der Waals surface area contributed by atoms with Crippen molar-refractivity contribution in [3.8, 4) is 0 Å². The van der Waals surface area contributed by atoms with E-state index in [1.54, 1.807) is 23.5 Å². The molecule has 84 valence electrons. The lowest BCUT2D eigenvalue weighted by atomic mass is 10.5. The monoisotopic (exact) mass is 264 g/mol. The lowest BCUT2D eigenvalue weighted by molar-refractivity contribution is -0.515. The second-order valence-corrected chi connectivity index (χ2v) is 7.90. The number of nitrogens with zero attached hydrogens (tertiary/aromatic N) is 1. The van der Waals surface area contributed by atoms with Gasteiger partial charge >= 0.3 is 0 Å². The average molecular weight is 264 g/mol. The standard InChI is InChI=1S/C9H14NO2S3/c1-3-10(4-2)9-13-7-5-15(11,12)6-8(7)14-9/h5,8H,3-4,6H2,1-2H3/q+1. The Kier molecular flexibility index (Phi) is 3.19. The van der Waals surface area contributed by atoms with Crippen molar-refractivity contribution in [3.05, 3.63) is 10.3 Å². The molecule has 1 unspecified atom stereocenters. The molecule has 1 fully saturated rings. The largest absolute Gasteiger partial charge is 0.275 e.